The predicted molar refractivity (Wildman–Crippen MR) is 62.3 cm³/mol. The first-order valence-electron chi connectivity index (χ1n) is 5.26. The van der Waals surface area contributed by atoms with E-state index in [9.17, 15) is 9.67 Å². The van der Waals surface area contributed by atoms with Crippen LogP contribution in [0.4, 0.5) is 0 Å². The highest BCUT2D eigenvalue weighted by molar-refractivity contribution is 7.54. The third-order valence-electron chi connectivity index (χ3n) is 2.02. The lowest BCUT2D eigenvalue weighted by Gasteiger charge is -2.22. The molecule has 0 saturated carbocycles. The van der Waals surface area contributed by atoms with Gasteiger partial charge in [0.15, 0.2) is 5.85 Å². The molecule has 0 amide bonds. The van der Waals surface area contributed by atoms with E-state index in [1.165, 1.54) is 0 Å². The number of aliphatic hydroxyl groups excluding tert-OH is 1. The van der Waals surface area contributed by atoms with E-state index in [0.29, 0.717) is 5.56 Å². The molecule has 0 spiro atoms. The standard InChI is InChI=1S/C11H17O4P/c1-3-14-16(13,15-4-2)11(12)10-8-6-5-7-9-10/h5-9,11-12H,3-4H2,1-2H3/t11-/m1/s1. The molecule has 4 nitrogen and oxygen atoms in total. The third kappa shape index (κ3) is 3.16. The Morgan fingerprint density at radius 1 is 1.19 bits per heavy atom. The molecule has 90 valence electrons. The highest BCUT2D eigenvalue weighted by Crippen LogP contribution is 2.59. The minimum Gasteiger partial charge on any atom is -0.376 e. The van der Waals surface area contributed by atoms with Gasteiger partial charge in [0, 0.05) is 0 Å². The van der Waals surface area contributed by atoms with Gasteiger partial charge in [0.05, 0.1) is 13.2 Å². The Bertz CT molecular complexity index is 342. The van der Waals surface area contributed by atoms with Crippen molar-refractivity contribution in [2.45, 2.75) is 19.7 Å². The molecule has 0 saturated heterocycles. The Labute approximate surface area is 95.7 Å². The van der Waals surface area contributed by atoms with Crippen LogP contribution in [0.25, 0.3) is 0 Å². The van der Waals surface area contributed by atoms with Crippen molar-refractivity contribution in [3.63, 3.8) is 0 Å². The van der Waals surface area contributed by atoms with E-state index in [0.717, 1.165) is 0 Å². The second kappa shape index (κ2) is 6.16. The van der Waals surface area contributed by atoms with Gasteiger partial charge in [-0.05, 0) is 19.4 Å². The van der Waals surface area contributed by atoms with Gasteiger partial charge in [0.2, 0.25) is 0 Å². The van der Waals surface area contributed by atoms with Crippen LogP contribution in [0.15, 0.2) is 30.3 Å². The minimum absolute atomic E-state index is 0.237. The van der Waals surface area contributed by atoms with E-state index in [4.69, 9.17) is 9.05 Å². The van der Waals surface area contributed by atoms with E-state index < -0.39 is 13.4 Å². The monoisotopic (exact) mass is 244 g/mol. The Kier molecular flexibility index (Phi) is 5.16. The lowest BCUT2D eigenvalue weighted by Crippen LogP contribution is -2.05. The van der Waals surface area contributed by atoms with Crippen molar-refractivity contribution >= 4 is 7.60 Å². The summed E-state index contributed by atoms with van der Waals surface area (Å²) in [5.74, 6) is -1.23. The fraction of sp³-hybridized carbons (Fsp3) is 0.455. The van der Waals surface area contributed by atoms with Gasteiger partial charge in [0.25, 0.3) is 0 Å². The van der Waals surface area contributed by atoms with Gasteiger partial charge >= 0.3 is 7.60 Å². The van der Waals surface area contributed by atoms with E-state index in [1.54, 1.807) is 38.1 Å². The van der Waals surface area contributed by atoms with Crippen molar-refractivity contribution in [1.82, 2.24) is 0 Å². The maximum Gasteiger partial charge on any atom is 0.363 e. The largest absolute Gasteiger partial charge is 0.376 e. The average molecular weight is 244 g/mol. The molecule has 1 N–H and O–H groups in total. The van der Waals surface area contributed by atoms with Crippen LogP contribution in [0.1, 0.15) is 25.3 Å². The second-order valence-electron chi connectivity index (χ2n) is 3.16. The van der Waals surface area contributed by atoms with Crippen LogP contribution in [0.3, 0.4) is 0 Å². The number of rotatable bonds is 6. The molecule has 0 aromatic heterocycles. The number of aliphatic hydroxyl groups is 1. The van der Waals surface area contributed by atoms with Crippen LogP contribution in [-0.4, -0.2) is 18.3 Å². The number of hydrogen-bond acceptors (Lipinski definition) is 4. The van der Waals surface area contributed by atoms with Gasteiger partial charge in [-0.2, -0.15) is 0 Å². The summed E-state index contributed by atoms with van der Waals surface area (Å²) in [5, 5.41) is 9.99. The summed E-state index contributed by atoms with van der Waals surface area (Å²) in [4.78, 5) is 0. The van der Waals surface area contributed by atoms with Crippen LogP contribution < -0.4 is 0 Å². The zero-order chi connectivity index (χ0) is 12.0. The third-order valence-corrected chi connectivity index (χ3v) is 4.15. The molecule has 0 heterocycles. The molecule has 1 aromatic carbocycles. The molecule has 0 aliphatic carbocycles. The Morgan fingerprint density at radius 2 is 1.69 bits per heavy atom. The smallest absolute Gasteiger partial charge is 0.363 e. The first-order valence-corrected chi connectivity index (χ1v) is 6.87. The highest BCUT2D eigenvalue weighted by Gasteiger charge is 2.34. The van der Waals surface area contributed by atoms with Gasteiger partial charge in [0.1, 0.15) is 0 Å². The maximum absolute atomic E-state index is 12.2. The first kappa shape index (κ1) is 13.4. The Hall–Kier alpha value is -0.670. The predicted octanol–water partition coefficient (Wildman–Crippen LogP) is 2.94. The summed E-state index contributed by atoms with van der Waals surface area (Å²) in [5.41, 5.74) is 0.535. The summed E-state index contributed by atoms with van der Waals surface area (Å²) < 4.78 is 22.4. The molecule has 0 unspecified atom stereocenters. The zero-order valence-corrected chi connectivity index (χ0v) is 10.4. The van der Waals surface area contributed by atoms with Gasteiger partial charge in [-0.1, -0.05) is 30.3 Å². The molecule has 0 bridgehead atoms. The maximum atomic E-state index is 12.2. The minimum atomic E-state index is -3.48. The highest BCUT2D eigenvalue weighted by atomic mass is 31.2. The molecule has 0 aliphatic rings. The van der Waals surface area contributed by atoms with Gasteiger partial charge in [-0.15, -0.1) is 0 Å². The fourth-order valence-electron chi connectivity index (χ4n) is 1.35. The number of benzene rings is 1. The van der Waals surface area contributed by atoms with Crippen molar-refractivity contribution in [1.29, 1.82) is 0 Å². The van der Waals surface area contributed by atoms with Crippen LogP contribution in [-0.2, 0) is 13.6 Å². The number of hydrogen-bond donors (Lipinski definition) is 1. The molecule has 5 heteroatoms. The van der Waals surface area contributed by atoms with Crippen molar-refractivity contribution in [3.05, 3.63) is 35.9 Å². The van der Waals surface area contributed by atoms with E-state index >= 15 is 0 Å². The average Bonchev–Trinajstić information content (AvgIpc) is 2.30. The molecular weight excluding hydrogens is 227 g/mol. The first-order chi connectivity index (χ1) is 7.64. The topological polar surface area (TPSA) is 55.8 Å². The van der Waals surface area contributed by atoms with Gasteiger partial charge in [-0.3, -0.25) is 4.57 Å². The van der Waals surface area contributed by atoms with Crippen molar-refractivity contribution in [3.8, 4) is 0 Å². The quantitative estimate of drug-likeness (QED) is 0.781. The molecule has 1 rings (SSSR count). The second-order valence-corrected chi connectivity index (χ2v) is 5.24. The van der Waals surface area contributed by atoms with Crippen molar-refractivity contribution < 1.29 is 18.7 Å². The van der Waals surface area contributed by atoms with E-state index in [2.05, 4.69) is 0 Å². The molecular formula is C11H17O4P. The lowest BCUT2D eigenvalue weighted by molar-refractivity contribution is 0.150. The van der Waals surface area contributed by atoms with E-state index in [1.807, 2.05) is 6.07 Å². The summed E-state index contributed by atoms with van der Waals surface area (Å²) >= 11 is 0. The lowest BCUT2D eigenvalue weighted by atomic mass is 10.2. The molecule has 0 fully saturated rings. The summed E-state index contributed by atoms with van der Waals surface area (Å²) in [6.07, 6.45) is 0. The molecule has 1 atom stereocenters. The van der Waals surface area contributed by atoms with Crippen LogP contribution in [0.5, 0.6) is 0 Å². The summed E-state index contributed by atoms with van der Waals surface area (Å²) in [6, 6.07) is 8.73. The molecule has 0 aliphatic heterocycles. The van der Waals surface area contributed by atoms with Gasteiger partial charge < -0.3 is 14.2 Å². The zero-order valence-electron chi connectivity index (χ0n) is 9.50. The Balaban J connectivity index is 2.91. The van der Waals surface area contributed by atoms with Gasteiger partial charge in [-0.25, -0.2) is 0 Å². The van der Waals surface area contributed by atoms with Crippen LogP contribution in [0.2, 0.25) is 0 Å². The molecule has 16 heavy (non-hydrogen) atoms. The molecule has 1 aromatic rings. The Morgan fingerprint density at radius 3 is 2.12 bits per heavy atom. The van der Waals surface area contributed by atoms with Crippen molar-refractivity contribution in [2.24, 2.45) is 0 Å². The van der Waals surface area contributed by atoms with Crippen LogP contribution >= 0.6 is 7.60 Å². The van der Waals surface area contributed by atoms with Crippen molar-refractivity contribution in [2.75, 3.05) is 13.2 Å². The van der Waals surface area contributed by atoms with Crippen LogP contribution in [0, 0.1) is 0 Å². The normalized spacial score (nSPS) is 13.7. The van der Waals surface area contributed by atoms with E-state index in [-0.39, 0.29) is 13.2 Å². The SMILES string of the molecule is CCOP(=O)(OCC)[C@@H](O)c1ccccc1. The fourth-order valence-corrected chi connectivity index (χ4v) is 2.96. The molecule has 0 radical (unpaired) electrons. The summed E-state index contributed by atoms with van der Waals surface area (Å²) in [6.45, 7) is 3.90. The summed E-state index contributed by atoms with van der Waals surface area (Å²) in [7, 11) is -3.48.